The van der Waals surface area contributed by atoms with Gasteiger partial charge in [0.25, 0.3) is 0 Å². The molecular formula is C31H54. The molecule has 0 spiro atoms. The van der Waals surface area contributed by atoms with Crippen molar-refractivity contribution in [3.05, 3.63) is 0 Å². The van der Waals surface area contributed by atoms with E-state index in [0.29, 0.717) is 27.1 Å². The highest BCUT2D eigenvalue weighted by Gasteiger charge is 2.68. The van der Waals surface area contributed by atoms with Gasteiger partial charge in [0.2, 0.25) is 0 Å². The van der Waals surface area contributed by atoms with Gasteiger partial charge in [-0.05, 0) is 133 Å². The summed E-state index contributed by atoms with van der Waals surface area (Å²) in [7, 11) is 0. The fraction of sp³-hybridized carbons (Fsp3) is 1.00. The maximum atomic E-state index is 2.81. The summed E-state index contributed by atoms with van der Waals surface area (Å²) >= 11 is 0. The largest absolute Gasteiger partial charge is 0.0625 e. The van der Waals surface area contributed by atoms with Crippen molar-refractivity contribution >= 4 is 0 Å². The smallest absolute Gasteiger partial charge is 0.0236 e. The van der Waals surface area contributed by atoms with Gasteiger partial charge in [0.1, 0.15) is 0 Å². The topological polar surface area (TPSA) is 0 Å². The highest BCUT2D eigenvalue weighted by molar-refractivity contribution is 5.17. The van der Waals surface area contributed by atoms with Crippen molar-refractivity contribution in [2.45, 2.75) is 132 Å². The van der Waals surface area contributed by atoms with Crippen LogP contribution in [0, 0.1) is 62.6 Å². The average Bonchev–Trinajstić information content (AvgIpc) is 3.20. The monoisotopic (exact) mass is 426 g/mol. The number of hydrogen-bond donors (Lipinski definition) is 0. The summed E-state index contributed by atoms with van der Waals surface area (Å²) in [5.41, 5.74) is 2.98. The molecule has 0 aromatic rings. The molecule has 0 saturated heterocycles. The molecule has 0 heterocycles. The van der Waals surface area contributed by atoms with Gasteiger partial charge in [0.15, 0.2) is 0 Å². The first-order valence-corrected chi connectivity index (χ1v) is 14.4. The van der Waals surface area contributed by atoms with Crippen molar-refractivity contribution in [3.8, 4) is 0 Å². The molecule has 9 atom stereocenters. The van der Waals surface area contributed by atoms with Crippen molar-refractivity contribution < 1.29 is 0 Å². The summed E-state index contributed by atoms with van der Waals surface area (Å²) in [5.74, 6) is 5.81. The average molecular weight is 427 g/mol. The highest BCUT2D eigenvalue weighted by atomic mass is 14.7. The molecule has 5 aliphatic rings. The summed E-state index contributed by atoms with van der Waals surface area (Å²) in [5, 5.41) is 0. The van der Waals surface area contributed by atoms with Crippen LogP contribution in [0.25, 0.3) is 0 Å². The minimum atomic E-state index is 0.570. The minimum Gasteiger partial charge on any atom is -0.0625 e. The van der Waals surface area contributed by atoms with E-state index in [4.69, 9.17) is 0 Å². The van der Waals surface area contributed by atoms with Crippen LogP contribution in [0.4, 0.5) is 0 Å². The summed E-state index contributed by atoms with van der Waals surface area (Å²) in [6.07, 6.45) is 18.2. The van der Waals surface area contributed by atoms with Crippen LogP contribution in [-0.4, -0.2) is 0 Å². The fourth-order valence-corrected chi connectivity index (χ4v) is 11.9. The predicted molar refractivity (Wildman–Crippen MR) is 134 cm³/mol. The molecule has 0 aromatic carbocycles. The number of hydrogen-bond acceptors (Lipinski definition) is 0. The fourth-order valence-electron chi connectivity index (χ4n) is 11.9. The lowest BCUT2D eigenvalue weighted by atomic mass is 9.38. The summed E-state index contributed by atoms with van der Waals surface area (Å²) in [4.78, 5) is 0. The molecule has 5 rings (SSSR count). The van der Waals surface area contributed by atoms with E-state index in [2.05, 4.69) is 55.4 Å². The van der Waals surface area contributed by atoms with E-state index in [9.17, 15) is 0 Å². The number of fused-ring (bicyclic) bond motifs is 5. The molecule has 7 unspecified atom stereocenters. The van der Waals surface area contributed by atoms with Crippen LogP contribution in [-0.2, 0) is 0 Å². The van der Waals surface area contributed by atoms with Crippen molar-refractivity contribution in [1.29, 1.82) is 0 Å². The second kappa shape index (κ2) is 7.01. The van der Waals surface area contributed by atoms with E-state index in [1.807, 2.05) is 0 Å². The second-order valence-electron chi connectivity index (χ2n) is 15.6. The number of rotatable bonds is 2. The minimum absolute atomic E-state index is 0.570. The third kappa shape index (κ3) is 2.97. The first kappa shape index (κ1) is 22.8. The molecule has 5 aliphatic carbocycles. The molecule has 178 valence electrons. The zero-order chi connectivity index (χ0) is 22.4. The molecule has 0 heteroatoms. The van der Waals surface area contributed by atoms with Gasteiger partial charge in [0.05, 0.1) is 0 Å². The molecule has 0 N–H and O–H groups in total. The second-order valence-corrected chi connectivity index (χ2v) is 15.6. The lowest BCUT2D eigenvalue weighted by molar-refractivity contribution is -0.183. The molecule has 0 radical (unpaired) electrons. The molecule has 0 aliphatic heterocycles. The third-order valence-electron chi connectivity index (χ3n) is 13.8. The van der Waals surface area contributed by atoms with E-state index in [1.54, 1.807) is 12.8 Å². The first-order valence-electron chi connectivity index (χ1n) is 14.4. The van der Waals surface area contributed by atoms with Gasteiger partial charge in [-0.3, -0.25) is 0 Å². The van der Waals surface area contributed by atoms with Crippen LogP contribution < -0.4 is 0 Å². The zero-order valence-electron chi connectivity index (χ0n) is 22.4. The molecule has 0 bridgehead atoms. The molecule has 31 heavy (non-hydrogen) atoms. The van der Waals surface area contributed by atoms with E-state index in [0.717, 1.165) is 35.5 Å². The van der Waals surface area contributed by atoms with Crippen molar-refractivity contribution in [2.75, 3.05) is 0 Å². The first-order chi connectivity index (χ1) is 14.4. The van der Waals surface area contributed by atoms with Crippen molar-refractivity contribution in [3.63, 3.8) is 0 Å². The molecule has 0 aromatic heterocycles. The Morgan fingerprint density at radius 1 is 0.613 bits per heavy atom. The molecule has 0 nitrogen and oxygen atoms in total. The van der Waals surface area contributed by atoms with E-state index in [-0.39, 0.29) is 0 Å². The van der Waals surface area contributed by atoms with Gasteiger partial charge in [-0.25, -0.2) is 0 Å². The maximum absolute atomic E-state index is 2.81. The summed E-state index contributed by atoms with van der Waals surface area (Å²) in [6, 6.07) is 0. The van der Waals surface area contributed by atoms with Gasteiger partial charge in [-0.15, -0.1) is 0 Å². The van der Waals surface area contributed by atoms with Crippen LogP contribution in [0.1, 0.15) is 132 Å². The molecule has 5 saturated carbocycles. The highest BCUT2D eigenvalue weighted by Crippen LogP contribution is 2.76. The Morgan fingerprint density at radius 2 is 1.32 bits per heavy atom. The predicted octanol–water partition coefficient (Wildman–Crippen LogP) is 9.52. The standard InChI is InChI=1S/C31H54/c1-21(2)22-12-17-28(5,20-22)26-14-19-30(7)24-10-11-25-27(3,4)15-9-16-29(25,6)23(24)13-18-31(26,30)8/h21-26H,9-20H2,1-8H3/t22-,23?,24?,25?,26?,28+,29?,30?,31?/m0/s1. The summed E-state index contributed by atoms with van der Waals surface area (Å²) in [6.45, 7) is 21.3. The SMILES string of the molecule is CC(C)[C@H]1CC[C@@](C)(C2CCC3(C)C4CCC5C(C)(C)CCCC5(C)C4CCC23C)C1. The normalized spacial score (nSPS) is 56.2. The van der Waals surface area contributed by atoms with Crippen LogP contribution in [0.3, 0.4) is 0 Å². The Kier molecular flexibility index (Phi) is 5.15. The van der Waals surface area contributed by atoms with Crippen molar-refractivity contribution in [2.24, 2.45) is 62.6 Å². The van der Waals surface area contributed by atoms with Crippen LogP contribution in [0.15, 0.2) is 0 Å². The van der Waals surface area contributed by atoms with Gasteiger partial charge < -0.3 is 0 Å². The van der Waals surface area contributed by atoms with Crippen LogP contribution in [0.5, 0.6) is 0 Å². The van der Waals surface area contributed by atoms with E-state index >= 15 is 0 Å². The lowest BCUT2D eigenvalue weighted by Crippen LogP contribution is -2.60. The Balaban J connectivity index is 1.45. The Hall–Kier alpha value is 0. The quantitative estimate of drug-likeness (QED) is 0.412. The maximum Gasteiger partial charge on any atom is -0.0236 e. The lowest BCUT2D eigenvalue weighted by Gasteiger charge is -2.67. The third-order valence-corrected chi connectivity index (χ3v) is 13.8. The van der Waals surface area contributed by atoms with Crippen LogP contribution in [0.2, 0.25) is 0 Å². The van der Waals surface area contributed by atoms with E-state index < -0.39 is 0 Å². The van der Waals surface area contributed by atoms with Gasteiger partial charge in [-0.2, -0.15) is 0 Å². The molecule has 0 amide bonds. The zero-order valence-corrected chi connectivity index (χ0v) is 22.4. The van der Waals surface area contributed by atoms with Crippen molar-refractivity contribution in [1.82, 2.24) is 0 Å². The Labute approximate surface area is 195 Å². The molecular weight excluding hydrogens is 372 g/mol. The summed E-state index contributed by atoms with van der Waals surface area (Å²) < 4.78 is 0. The molecule has 5 fully saturated rings. The Bertz CT molecular complexity index is 703. The van der Waals surface area contributed by atoms with Gasteiger partial charge in [0, 0.05) is 0 Å². The van der Waals surface area contributed by atoms with E-state index in [1.165, 1.54) is 64.2 Å². The van der Waals surface area contributed by atoms with Gasteiger partial charge in [-0.1, -0.05) is 61.8 Å². The Morgan fingerprint density at radius 3 is 2.00 bits per heavy atom. The van der Waals surface area contributed by atoms with Gasteiger partial charge >= 0.3 is 0 Å². The van der Waals surface area contributed by atoms with Crippen LogP contribution >= 0.6 is 0 Å².